The Labute approximate surface area is 118 Å². The summed E-state index contributed by atoms with van der Waals surface area (Å²) in [6, 6.07) is 7.90. The Morgan fingerprint density at radius 1 is 1.20 bits per heavy atom. The third-order valence-corrected chi connectivity index (χ3v) is 3.10. The number of nitrogens with zero attached hydrogens (tertiary/aromatic N) is 1. The minimum atomic E-state index is -0.276. The molecule has 0 saturated heterocycles. The predicted molar refractivity (Wildman–Crippen MR) is 77.0 cm³/mol. The first-order valence-electron chi connectivity index (χ1n) is 6.57. The fourth-order valence-electron chi connectivity index (χ4n) is 1.83. The number of rotatable bonds is 3. The summed E-state index contributed by atoms with van der Waals surface area (Å²) in [7, 11) is 0. The molecule has 0 bridgehead atoms. The van der Waals surface area contributed by atoms with Gasteiger partial charge in [0.25, 0.3) is 5.91 Å². The van der Waals surface area contributed by atoms with Crippen LogP contribution in [0.5, 0.6) is 0 Å². The first kappa shape index (κ1) is 14.3. The molecule has 0 atom stereocenters. The second-order valence-electron chi connectivity index (χ2n) is 5.79. The van der Waals surface area contributed by atoms with Crippen molar-refractivity contribution in [2.24, 2.45) is 0 Å². The van der Waals surface area contributed by atoms with Crippen molar-refractivity contribution in [1.29, 1.82) is 0 Å². The van der Waals surface area contributed by atoms with Crippen LogP contribution in [-0.4, -0.2) is 10.5 Å². The van der Waals surface area contributed by atoms with Gasteiger partial charge in [-0.1, -0.05) is 12.1 Å². The molecule has 0 aliphatic rings. The molecule has 1 amide bonds. The first-order chi connectivity index (χ1) is 9.36. The number of carbonyl (C=O) groups is 1. The molecule has 4 heteroatoms. The third-order valence-electron chi connectivity index (χ3n) is 3.10. The highest BCUT2D eigenvalue weighted by Crippen LogP contribution is 2.15. The lowest BCUT2D eigenvalue weighted by Crippen LogP contribution is -2.23. The molecule has 1 aromatic heterocycles. The molecule has 1 heterocycles. The maximum Gasteiger partial charge on any atom is 0.253 e. The van der Waals surface area contributed by atoms with Gasteiger partial charge in [-0.3, -0.25) is 4.79 Å². The fraction of sp³-hybridized carbons (Fsp3) is 0.312. The molecular weight excluding hydrogens is 255 g/mol. The van der Waals surface area contributed by atoms with E-state index in [2.05, 4.69) is 26.1 Å². The van der Waals surface area contributed by atoms with E-state index in [1.54, 1.807) is 18.2 Å². The second-order valence-corrected chi connectivity index (χ2v) is 5.79. The number of aromatic nitrogens is 1. The van der Waals surface area contributed by atoms with Gasteiger partial charge < -0.3 is 9.88 Å². The number of amides is 1. The van der Waals surface area contributed by atoms with Crippen molar-refractivity contribution in [2.75, 3.05) is 0 Å². The van der Waals surface area contributed by atoms with Crippen molar-refractivity contribution in [3.05, 3.63) is 59.7 Å². The molecule has 0 unspecified atom stereocenters. The van der Waals surface area contributed by atoms with E-state index in [1.165, 1.54) is 12.1 Å². The molecule has 1 N–H and O–H groups in total. The molecule has 2 rings (SSSR count). The van der Waals surface area contributed by atoms with Crippen LogP contribution in [0.1, 0.15) is 36.7 Å². The van der Waals surface area contributed by atoms with Gasteiger partial charge in [0.1, 0.15) is 5.82 Å². The molecule has 106 valence electrons. The maximum atomic E-state index is 12.8. The summed E-state index contributed by atoms with van der Waals surface area (Å²) in [6.45, 7) is 6.62. The van der Waals surface area contributed by atoms with Crippen LogP contribution in [0.15, 0.2) is 42.7 Å². The van der Waals surface area contributed by atoms with E-state index in [0.29, 0.717) is 12.1 Å². The minimum Gasteiger partial charge on any atom is -0.348 e. The number of carbonyl (C=O) groups excluding carboxylic acids is 1. The highest BCUT2D eigenvalue weighted by molar-refractivity contribution is 5.93. The Kier molecular flexibility index (Phi) is 3.93. The van der Waals surface area contributed by atoms with Gasteiger partial charge in [0.15, 0.2) is 0 Å². The van der Waals surface area contributed by atoms with Crippen molar-refractivity contribution in [2.45, 2.75) is 32.9 Å². The van der Waals surface area contributed by atoms with E-state index < -0.39 is 0 Å². The van der Waals surface area contributed by atoms with Gasteiger partial charge in [0, 0.05) is 24.5 Å². The van der Waals surface area contributed by atoms with Crippen molar-refractivity contribution >= 4 is 5.91 Å². The minimum absolute atomic E-state index is 0.0461. The average Bonchev–Trinajstić information content (AvgIpc) is 2.87. The normalized spacial score (nSPS) is 11.4. The monoisotopic (exact) mass is 274 g/mol. The third kappa shape index (κ3) is 3.47. The Balaban J connectivity index is 1.98. The lowest BCUT2D eigenvalue weighted by molar-refractivity contribution is 0.0951. The van der Waals surface area contributed by atoms with Crippen molar-refractivity contribution in [3.63, 3.8) is 0 Å². The highest BCUT2D eigenvalue weighted by atomic mass is 19.1. The molecule has 0 saturated carbocycles. The van der Waals surface area contributed by atoms with Crippen LogP contribution in [0.25, 0.3) is 0 Å². The fourth-order valence-corrected chi connectivity index (χ4v) is 1.83. The Morgan fingerprint density at radius 3 is 2.40 bits per heavy atom. The average molecular weight is 274 g/mol. The van der Waals surface area contributed by atoms with Crippen molar-refractivity contribution < 1.29 is 9.18 Å². The summed E-state index contributed by atoms with van der Waals surface area (Å²) in [5, 5.41) is 2.82. The van der Waals surface area contributed by atoms with Gasteiger partial charge in [-0.2, -0.15) is 0 Å². The summed E-state index contributed by atoms with van der Waals surface area (Å²) in [4.78, 5) is 12.0. The van der Waals surface area contributed by atoms with Gasteiger partial charge in [-0.05, 0) is 44.5 Å². The zero-order valence-corrected chi connectivity index (χ0v) is 12.0. The quantitative estimate of drug-likeness (QED) is 0.915. The predicted octanol–water partition coefficient (Wildman–Crippen LogP) is 3.31. The Bertz CT molecular complexity index is 594. The largest absolute Gasteiger partial charge is 0.348 e. The molecule has 0 radical (unpaired) electrons. The van der Waals surface area contributed by atoms with E-state index in [0.717, 1.165) is 5.56 Å². The van der Waals surface area contributed by atoms with E-state index in [1.807, 2.05) is 17.0 Å². The number of halogens is 1. The summed E-state index contributed by atoms with van der Waals surface area (Å²) in [5.74, 6) is -0.403. The standard InChI is InChI=1S/C16H19FN2O/c1-16(2,3)19-9-8-13(11-19)15(20)18-10-12-4-6-14(17)7-5-12/h4-9,11H,10H2,1-3H3,(H,18,20). The number of nitrogens with one attached hydrogen (secondary N) is 1. The Morgan fingerprint density at radius 2 is 1.85 bits per heavy atom. The Hall–Kier alpha value is -2.10. The van der Waals surface area contributed by atoms with Gasteiger partial charge in [-0.15, -0.1) is 0 Å². The number of hydrogen-bond acceptors (Lipinski definition) is 1. The summed E-state index contributed by atoms with van der Waals surface area (Å²) < 4.78 is 14.8. The lowest BCUT2D eigenvalue weighted by Gasteiger charge is -2.20. The van der Waals surface area contributed by atoms with E-state index in [-0.39, 0.29) is 17.3 Å². The molecule has 0 fully saturated rings. The number of benzene rings is 1. The van der Waals surface area contributed by atoms with Crippen LogP contribution in [0, 0.1) is 5.82 Å². The van der Waals surface area contributed by atoms with Crippen LogP contribution in [0.4, 0.5) is 4.39 Å². The van der Waals surface area contributed by atoms with E-state index >= 15 is 0 Å². The second kappa shape index (κ2) is 5.49. The molecular formula is C16H19FN2O. The van der Waals surface area contributed by atoms with Gasteiger partial charge >= 0.3 is 0 Å². The lowest BCUT2D eigenvalue weighted by atomic mass is 10.1. The zero-order valence-electron chi connectivity index (χ0n) is 12.0. The molecule has 20 heavy (non-hydrogen) atoms. The van der Waals surface area contributed by atoms with Crippen LogP contribution in [0.3, 0.4) is 0 Å². The summed E-state index contributed by atoms with van der Waals surface area (Å²) in [5.41, 5.74) is 1.45. The molecule has 3 nitrogen and oxygen atoms in total. The molecule has 0 aliphatic heterocycles. The van der Waals surface area contributed by atoms with E-state index in [4.69, 9.17) is 0 Å². The molecule has 0 aliphatic carbocycles. The zero-order chi connectivity index (χ0) is 14.8. The summed E-state index contributed by atoms with van der Waals surface area (Å²) >= 11 is 0. The van der Waals surface area contributed by atoms with Crippen LogP contribution < -0.4 is 5.32 Å². The number of hydrogen-bond donors (Lipinski definition) is 1. The smallest absolute Gasteiger partial charge is 0.253 e. The van der Waals surface area contributed by atoms with Crippen LogP contribution in [0.2, 0.25) is 0 Å². The topological polar surface area (TPSA) is 34.0 Å². The summed E-state index contributed by atoms with van der Waals surface area (Å²) in [6.07, 6.45) is 3.73. The van der Waals surface area contributed by atoms with Crippen molar-refractivity contribution in [3.8, 4) is 0 Å². The van der Waals surface area contributed by atoms with Crippen LogP contribution in [-0.2, 0) is 12.1 Å². The first-order valence-corrected chi connectivity index (χ1v) is 6.57. The van der Waals surface area contributed by atoms with Gasteiger partial charge in [0.05, 0.1) is 5.56 Å². The van der Waals surface area contributed by atoms with Gasteiger partial charge in [-0.25, -0.2) is 4.39 Å². The molecule has 1 aromatic carbocycles. The van der Waals surface area contributed by atoms with E-state index in [9.17, 15) is 9.18 Å². The van der Waals surface area contributed by atoms with Crippen LogP contribution >= 0.6 is 0 Å². The maximum absolute atomic E-state index is 12.8. The van der Waals surface area contributed by atoms with Crippen molar-refractivity contribution in [1.82, 2.24) is 9.88 Å². The highest BCUT2D eigenvalue weighted by Gasteiger charge is 2.14. The van der Waals surface area contributed by atoms with Gasteiger partial charge in [0.2, 0.25) is 0 Å². The molecule has 2 aromatic rings. The SMILES string of the molecule is CC(C)(C)n1ccc(C(=O)NCc2ccc(F)cc2)c1. The molecule has 0 spiro atoms.